The molecule has 30 heavy (non-hydrogen) atoms. The van der Waals surface area contributed by atoms with Gasteiger partial charge in [0.2, 0.25) is 5.91 Å². The molecule has 0 saturated carbocycles. The highest BCUT2D eigenvalue weighted by Gasteiger charge is 2.16. The first-order valence-corrected chi connectivity index (χ1v) is 11.3. The minimum absolute atomic E-state index is 0.0738. The molecule has 1 amide bonds. The van der Waals surface area contributed by atoms with Crippen molar-refractivity contribution in [3.63, 3.8) is 0 Å². The first kappa shape index (κ1) is 19.8. The smallest absolute Gasteiger partial charge is 0.224 e. The topological polar surface area (TPSA) is 91.9 Å². The molecule has 0 unspecified atom stereocenters. The molecule has 3 aromatic carbocycles. The fraction of sp³-hybridized carbons (Fsp3) is 0.130. The second kappa shape index (κ2) is 8.51. The van der Waals surface area contributed by atoms with Crippen molar-refractivity contribution in [3.05, 3.63) is 78.9 Å². The number of amides is 1. The van der Waals surface area contributed by atoms with Crippen LogP contribution in [0.25, 0.3) is 22.4 Å². The molecule has 0 atom stereocenters. The van der Waals surface area contributed by atoms with Gasteiger partial charge in [-0.15, -0.1) is 0 Å². The number of nitrogens with one attached hydrogen (secondary N) is 2. The van der Waals surface area contributed by atoms with Gasteiger partial charge in [-0.2, -0.15) is 0 Å². The number of aromatic amines is 1. The van der Waals surface area contributed by atoms with Crippen molar-refractivity contribution in [1.82, 2.24) is 9.97 Å². The van der Waals surface area contributed by atoms with Gasteiger partial charge in [-0.25, -0.2) is 13.4 Å². The van der Waals surface area contributed by atoms with E-state index in [9.17, 15) is 13.2 Å². The molecular weight excluding hydrogens is 398 g/mol. The van der Waals surface area contributed by atoms with Gasteiger partial charge in [0, 0.05) is 12.0 Å². The summed E-state index contributed by atoms with van der Waals surface area (Å²) in [7, 11) is -3.39. The van der Waals surface area contributed by atoms with Crippen LogP contribution in [0.2, 0.25) is 0 Å². The number of aromatic nitrogens is 2. The number of rotatable bonds is 7. The molecule has 1 aromatic heterocycles. The van der Waals surface area contributed by atoms with Crippen LogP contribution in [0.15, 0.2) is 83.8 Å². The number of hydrogen-bond donors (Lipinski definition) is 2. The van der Waals surface area contributed by atoms with Crippen molar-refractivity contribution < 1.29 is 13.2 Å². The maximum absolute atomic E-state index is 12.5. The third-order valence-electron chi connectivity index (χ3n) is 4.76. The first-order valence-electron chi connectivity index (χ1n) is 9.65. The van der Waals surface area contributed by atoms with Crippen LogP contribution in [0.3, 0.4) is 0 Å². The number of sulfone groups is 1. The molecule has 0 bridgehead atoms. The Balaban J connectivity index is 1.43. The van der Waals surface area contributed by atoms with Crippen LogP contribution in [-0.2, 0) is 14.6 Å². The Bertz CT molecular complexity index is 1250. The van der Waals surface area contributed by atoms with Crippen LogP contribution in [0.1, 0.15) is 12.8 Å². The lowest BCUT2D eigenvalue weighted by molar-refractivity contribution is -0.116. The molecule has 4 aromatic rings. The summed E-state index contributed by atoms with van der Waals surface area (Å²) in [5.74, 6) is 0.357. The lowest BCUT2D eigenvalue weighted by Gasteiger charge is -2.10. The Labute approximate surface area is 174 Å². The van der Waals surface area contributed by atoms with E-state index in [-0.39, 0.29) is 29.4 Å². The lowest BCUT2D eigenvalue weighted by Crippen LogP contribution is -2.15. The molecule has 0 radical (unpaired) electrons. The molecule has 0 aliphatic rings. The van der Waals surface area contributed by atoms with Crippen LogP contribution in [0.5, 0.6) is 0 Å². The monoisotopic (exact) mass is 419 g/mol. The molecule has 2 N–H and O–H groups in total. The van der Waals surface area contributed by atoms with Crippen LogP contribution in [-0.4, -0.2) is 30.0 Å². The zero-order chi connectivity index (χ0) is 21.0. The number of carbonyl (C=O) groups is 1. The summed E-state index contributed by atoms with van der Waals surface area (Å²) in [6.45, 7) is 0. The molecule has 6 nitrogen and oxygen atoms in total. The maximum Gasteiger partial charge on any atom is 0.224 e. The van der Waals surface area contributed by atoms with Gasteiger partial charge < -0.3 is 10.3 Å². The first-order chi connectivity index (χ1) is 14.5. The number of anilines is 1. The number of fused-ring (bicyclic) bond motifs is 1. The molecular formula is C23H21N3O3S. The minimum Gasteiger partial charge on any atom is -0.338 e. The molecule has 0 fully saturated rings. The normalized spacial score (nSPS) is 11.5. The zero-order valence-electron chi connectivity index (χ0n) is 16.2. The van der Waals surface area contributed by atoms with Crippen molar-refractivity contribution in [3.8, 4) is 11.4 Å². The highest BCUT2D eigenvalue weighted by Crippen LogP contribution is 2.27. The van der Waals surface area contributed by atoms with Gasteiger partial charge in [0.25, 0.3) is 0 Å². The van der Waals surface area contributed by atoms with Crippen molar-refractivity contribution in [1.29, 1.82) is 0 Å². The van der Waals surface area contributed by atoms with E-state index >= 15 is 0 Å². The van der Waals surface area contributed by atoms with Crippen LogP contribution < -0.4 is 5.32 Å². The summed E-state index contributed by atoms with van der Waals surface area (Å²) in [6.07, 6.45) is 0.358. The van der Waals surface area contributed by atoms with Crippen molar-refractivity contribution in [2.45, 2.75) is 17.7 Å². The highest BCUT2D eigenvalue weighted by atomic mass is 32.2. The average molecular weight is 420 g/mol. The summed E-state index contributed by atoms with van der Waals surface area (Å²) in [4.78, 5) is 20.6. The summed E-state index contributed by atoms with van der Waals surface area (Å²) in [5, 5.41) is 2.89. The number of nitrogens with zero attached hydrogens (tertiary/aromatic N) is 1. The fourth-order valence-electron chi connectivity index (χ4n) is 3.26. The Hall–Kier alpha value is -3.45. The van der Waals surface area contributed by atoms with E-state index in [2.05, 4.69) is 15.3 Å². The lowest BCUT2D eigenvalue weighted by atomic mass is 10.1. The van der Waals surface area contributed by atoms with E-state index in [0.29, 0.717) is 11.5 Å². The molecule has 4 rings (SSSR count). The van der Waals surface area contributed by atoms with Gasteiger partial charge >= 0.3 is 0 Å². The Morgan fingerprint density at radius 3 is 2.40 bits per heavy atom. The van der Waals surface area contributed by atoms with Gasteiger partial charge in [0.15, 0.2) is 9.84 Å². The number of imidazole rings is 1. The molecule has 0 aliphatic heterocycles. The largest absolute Gasteiger partial charge is 0.338 e. The molecule has 0 saturated heterocycles. The van der Waals surface area contributed by atoms with E-state index in [1.165, 1.54) is 0 Å². The maximum atomic E-state index is 12.5. The van der Waals surface area contributed by atoms with E-state index in [0.717, 1.165) is 16.6 Å². The van der Waals surface area contributed by atoms with E-state index in [1.54, 1.807) is 36.4 Å². The number of hydrogen-bond acceptors (Lipinski definition) is 4. The van der Waals surface area contributed by atoms with E-state index < -0.39 is 9.84 Å². The van der Waals surface area contributed by atoms with Crippen molar-refractivity contribution >= 4 is 32.5 Å². The number of carbonyl (C=O) groups excluding carboxylic acids is 1. The number of H-pyrrole nitrogens is 1. The fourth-order valence-corrected chi connectivity index (χ4v) is 4.59. The summed E-state index contributed by atoms with van der Waals surface area (Å²) in [5.41, 5.74) is 3.17. The van der Waals surface area contributed by atoms with Gasteiger partial charge in [-0.3, -0.25) is 4.79 Å². The minimum atomic E-state index is -3.39. The van der Waals surface area contributed by atoms with Gasteiger partial charge in [0.05, 0.1) is 27.4 Å². The van der Waals surface area contributed by atoms with Gasteiger partial charge in [0.1, 0.15) is 5.82 Å². The third kappa shape index (κ3) is 4.41. The molecule has 7 heteroatoms. The summed E-state index contributed by atoms with van der Waals surface area (Å²) >= 11 is 0. The Morgan fingerprint density at radius 1 is 0.900 bits per heavy atom. The molecule has 0 spiro atoms. The van der Waals surface area contributed by atoms with E-state index in [1.807, 2.05) is 42.5 Å². The SMILES string of the molecule is O=C(CCCS(=O)(=O)c1ccccc1)Nc1ccccc1-c1nc2ccccc2[nH]1. The number of para-hydroxylation sites is 3. The summed E-state index contributed by atoms with van der Waals surface area (Å²) < 4.78 is 24.7. The Kier molecular flexibility index (Phi) is 5.63. The highest BCUT2D eigenvalue weighted by molar-refractivity contribution is 7.91. The predicted molar refractivity (Wildman–Crippen MR) is 118 cm³/mol. The van der Waals surface area contributed by atoms with Crippen LogP contribution in [0.4, 0.5) is 5.69 Å². The quantitative estimate of drug-likeness (QED) is 0.464. The second-order valence-electron chi connectivity index (χ2n) is 6.93. The second-order valence-corrected chi connectivity index (χ2v) is 9.04. The van der Waals surface area contributed by atoms with Crippen LogP contribution in [0, 0.1) is 0 Å². The molecule has 152 valence electrons. The number of benzene rings is 3. The van der Waals surface area contributed by atoms with Crippen LogP contribution >= 0.6 is 0 Å². The zero-order valence-corrected chi connectivity index (χ0v) is 17.0. The standard InChI is InChI=1S/C23H21N3O3S/c27-22(15-8-16-30(28,29)17-9-2-1-3-10-17)24-19-12-5-4-11-18(19)23-25-20-13-6-7-14-21(20)26-23/h1-7,9-14H,8,15-16H2,(H,24,27)(H,25,26). The van der Waals surface area contributed by atoms with Crippen molar-refractivity contribution in [2.75, 3.05) is 11.1 Å². The van der Waals surface area contributed by atoms with Gasteiger partial charge in [-0.05, 0) is 42.8 Å². The molecule has 1 heterocycles. The van der Waals surface area contributed by atoms with Gasteiger partial charge in [-0.1, -0.05) is 42.5 Å². The molecule has 0 aliphatic carbocycles. The Morgan fingerprint density at radius 2 is 1.60 bits per heavy atom. The van der Waals surface area contributed by atoms with Crippen molar-refractivity contribution in [2.24, 2.45) is 0 Å². The van der Waals surface area contributed by atoms with E-state index in [4.69, 9.17) is 0 Å². The summed E-state index contributed by atoms with van der Waals surface area (Å²) in [6, 6.07) is 23.4. The average Bonchev–Trinajstić information content (AvgIpc) is 3.19. The predicted octanol–water partition coefficient (Wildman–Crippen LogP) is 4.42. The third-order valence-corrected chi connectivity index (χ3v) is 6.58.